The molecule has 0 radical (unpaired) electrons. The first-order valence-electron chi connectivity index (χ1n) is 15.6. The number of nitrogens with one attached hydrogen (secondary N) is 2. The second kappa shape index (κ2) is 10.5. The predicted molar refractivity (Wildman–Crippen MR) is 166 cm³/mol. The van der Waals surface area contributed by atoms with E-state index in [1.54, 1.807) is 12.3 Å². The van der Waals surface area contributed by atoms with Crippen LogP contribution in [0.2, 0.25) is 0 Å². The third-order valence-electron chi connectivity index (χ3n) is 10.3. The van der Waals surface area contributed by atoms with Crippen molar-refractivity contribution in [2.45, 2.75) is 62.1 Å². The maximum atomic E-state index is 14.8. The Bertz CT molecular complexity index is 1880. The molecule has 8 rings (SSSR count). The zero-order valence-corrected chi connectivity index (χ0v) is 24.5. The summed E-state index contributed by atoms with van der Waals surface area (Å²) in [6, 6.07) is 8.06. The maximum absolute atomic E-state index is 14.8. The maximum Gasteiger partial charge on any atom is 0.279 e. The van der Waals surface area contributed by atoms with Crippen LogP contribution in [0.5, 0.6) is 11.6 Å². The van der Waals surface area contributed by atoms with Gasteiger partial charge in [-0.2, -0.15) is 9.78 Å². The van der Waals surface area contributed by atoms with E-state index >= 15 is 0 Å². The van der Waals surface area contributed by atoms with E-state index < -0.39 is 11.4 Å². The summed E-state index contributed by atoms with van der Waals surface area (Å²) in [5.41, 5.74) is 0.679. The molecule has 0 amide bonds. The summed E-state index contributed by atoms with van der Waals surface area (Å²) in [7, 11) is 0. The Morgan fingerprint density at radius 2 is 1.89 bits per heavy atom. The van der Waals surface area contributed by atoms with Gasteiger partial charge in [0.2, 0.25) is 5.88 Å². The molecular weight excluding hydrogens is 559 g/mol. The average molecular weight is 595 g/mol. The van der Waals surface area contributed by atoms with Crippen molar-refractivity contribution in [3.8, 4) is 29.7 Å². The molecular formula is C34H35FN6O3. The number of nitrogens with zero attached hydrogens (tertiary/aromatic N) is 4. The Hall–Kier alpha value is -4.04. The second-order valence-corrected chi connectivity index (χ2v) is 12.9. The first kappa shape index (κ1) is 27.5. The average Bonchev–Trinajstić information content (AvgIpc) is 3.60. The van der Waals surface area contributed by atoms with Crippen molar-refractivity contribution in [1.82, 2.24) is 30.3 Å². The van der Waals surface area contributed by atoms with Crippen LogP contribution in [0.4, 0.5) is 4.39 Å². The Labute approximate surface area is 254 Å². The summed E-state index contributed by atoms with van der Waals surface area (Å²) in [6.45, 7) is 4.51. The van der Waals surface area contributed by atoms with E-state index in [4.69, 9.17) is 16.1 Å². The van der Waals surface area contributed by atoms with Gasteiger partial charge in [-0.3, -0.25) is 9.69 Å². The van der Waals surface area contributed by atoms with Crippen molar-refractivity contribution in [3.63, 3.8) is 0 Å². The molecule has 44 heavy (non-hydrogen) atoms. The lowest BCUT2D eigenvalue weighted by Crippen LogP contribution is -2.58. The van der Waals surface area contributed by atoms with Crippen LogP contribution in [0, 0.1) is 18.2 Å². The number of piperidine rings is 1. The Balaban J connectivity index is 1.28. The number of aromatic nitrogens is 3. The van der Waals surface area contributed by atoms with Gasteiger partial charge in [0.15, 0.2) is 0 Å². The van der Waals surface area contributed by atoms with Crippen LogP contribution in [0.3, 0.4) is 0 Å². The molecule has 2 bridgehead atoms. The van der Waals surface area contributed by atoms with Crippen LogP contribution >= 0.6 is 0 Å². The van der Waals surface area contributed by atoms with Crippen LogP contribution in [0.15, 0.2) is 41.3 Å². The van der Waals surface area contributed by atoms with Gasteiger partial charge in [0.05, 0.1) is 34.1 Å². The number of piperazine rings is 1. The number of pyridine rings is 1. The van der Waals surface area contributed by atoms with Crippen LogP contribution in [0.1, 0.15) is 55.7 Å². The Kier molecular flexibility index (Phi) is 6.59. The quantitative estimate of drug-likeness (QED) is 0.302. The zero-order chi connectivity index (χ0) is 30.0. The molecule has 0 aliphatic carbocycles. The largest absolute Gasteiger partial charge is 0.508 e. The van der Waals surface area contributed by atoms with E-state index in [-0.39, 0.29) is 28.5 Å². The molecule has 226 valence electrons. The fourth-order valence-corrected chi connectivity index (χ4v) is 8.27. The number of rotatable bonds is 5. The van der Waals surface area contributed by atoms with Gasteiger partial charge in [-0.15, -0.1) is 6.42 Å². The van der Waals surface area contributed by atoms with E-state index in [0.29, 0.717) is 46.1 Å². The van der Waals surface area contributed by atoms with Crippen molar-refractivity contribution in [2.75, 3.05) is 32.8 Å². The number of ether oxygens (including phenoxy) is 1. The monoisotopic (exact) mass is 594 g/mol. The fourth-order valence-electron chi connectivity index (χ4n) is 8.27. The number of phenols is 1. The highest BCUT2D eigenvalue weighted by molar-refractivity contribution is 5.96. The third-order valence-corrected chi connectivity index (χ3v) is 10.3. The van der Waals surface area contributed by atoms with E-state index in [0.717, 1.165) is 57.6 Å². The number of terminal acetylenes is 1. The van der Waals surface area contributed by atoms with Crippen LogP contribution < -0.4 is 20.9 Å². The van der Waals surface area contributed by atoms with Gasteiger partial charge < -0.3 is 20.5 Å². The second-order valence-electron chi connectivity index (χ2n) is 12.9. The molecule has 2 unspecified atom stereocenters. The standard InChI is InChI=1S/C34H35FN6O3/c1-2-25-28(35)6-5-20-13-24(42)14-29(31(20)25)41-33(43)26-15-30(44-19-34-7-3-9-40(34)10-4-8-34)39-32(27(26)18-37-41)21-11-22-16-36-17-23(12-21)38-22/h1,5-6,13-15,18,21-23,36,38,42H,3-4,7-12,16-17,19H2. The van der Waals surface area contributed by atoms with E-state index in [1.807, 2.05) is 0 Å². The van der Waals surface area contributed by atoms with Gasteiger partial charge in [-0.1, -0.05) is 12.0 Å². The number of phenolic OH excluding ortho intramolecular Hbond substituents is 1. The summed E-state index contributed by atoms with van der Waals surface area (Å²) < 4.78 is 22.5. The smallest absolute Gasteiger partial charge is 0.279 e. The highest BCUT2D eigenvalue weighted by Crippen LogP contribution is 2.40. The molecule has 3 N–H and O–H groups in total. The van der Waals surface area contributed by atoms with Crippen molar-refractivity contribution < 1.29 is 14.2 Å². The van der Waals surface area contributed by atoms with E-state index in [2.05, 4.69) is 26.6 Å². The van der Waals surface area contributed by atoms with Gasteiger partial charge in [0, 0.05) is 54.0 Å². The molecule has 2 aromatic carbocycles. The lowest BCUT2D eigenvalue weighted by molar-refractivity contribution is 0.110. The summed E-state index contributed by atoms with van der Waals surface area (Å²) in [6.07, 6.45) is 13.7. The van der Waals surface area contributed by atoms with Crippen LogP contribution in [-0.4, -0.2) is 75.2 Å². The molecule has 2 aromatic heterocycles. The summed E-state index contributed by atoms with van der Waals surface area (Å²) in [4.78, 5) is 22.0. The van der Waals surface area contributed by atoms with Crippen molar-refractivity contribution in [2.24, 2.45) is 0 Å². The van der Waals surface area contributed by atoms with E-state index in [9.17, 15) is 14.3 Å². The summed E-state index contributed by atoms with van der Waals surface area (Å²) in [5, 5.41) is 24.3. The van der Waals surface area contributed by atoms with Gasteiger partial charge in [-0.25, -0.2) is 9.37 Å². The molecule has 4 aliphatic rings. The molecule has 2 atom stereocenters. The number of halogens is 1. The molecule has 4 aliphatic heterocycles. The van der Waals surface area contributed by atoms with Gasteiger partial charge in [-0.05, 0) is 69.1 Å². The topological polar surface area (TPSA) is 105 Å². The first-order valence-corrected chi connectivity index (χ1v) is 15.6. The molecule has 4 fully saturated rings. The van der Waals surface area contributed by atoms with Crippen molar-refractivity contribution in [3.05, 3.63) is 64.0 Å². The summed E-state index contributed by atoms with van der Waals surface area (Å²) in [5.74, 6) is 2.33. The number of benzene rings is 2. The minimum absolute atomic E-state index is 0.0116. The lowest BCUT2D eigenvalue weighted by atomic mass is 9.82. The number of hydrogen-bond acceptors (Lipinski definition) is 8. The normalized spacial score (nSPS) is 24.4. The van der Waals surface area contributed by atoms with Gasteiger partial charge in [0.1, 0.15) is 18.2 Å². The molecule has 10 heteroatoms. The Morgan fingerprint density at radius 3 is 2.64 bits per heavy atom. The fraction of sp³-hybridized carbons (Fsp3) is 0.441. The molecule has 0 spiro atoms. The number of hydrogen-bond donors (Lipinski definition) is 3. The minimum atomic E-state index is -0.582. The third kappa shape index (κ3) is 4.45. The lowest BCUT2D eigenvalue weighted by Gasteiger charge is -2.40. The van der Waals surface area contributed by atoms with Crippen molar-refractivity contribution in [1.29, 1.82) is 0 Å². The highest BCUT2D eigenvalue weighted by Gasteiger charge is 2.45. The van der Waals surface area contributed by atoms with Crippen LogP contribution in [-0.2, 0) is 0 Å². The molecule has 0 saturated carbocycles. The molecule has 6 heterocycles. The highest BCUT2D eigenvalue weighted by atomic mass is 19.1. The predicted octanol–water partition coefficient (Wildman–Crippen LogP) is 3.57. The van der Waals surface area contributed by atoms with Gasteiger partial charge >= 0.3 is 0 Å². The summed E-state index contributed by atoms with van der Waals surface area (Å²) >= 11 is 0. The molecule has 9 nitrogen and oxygen atoms in total. The van der Waals surface area contributed by atoms with Crippen molar-refractivity contribution >= 4 is 21.5 Å². The van der Waals surface area contributed by atoms with Crippen LogP contribution in [0.25, 0.3) is 27.2 Å². The molecule has 4 saturated heterocycles. The molecule has 4 aromatic rings. The minimum Gasteiger partial charge on any atom is -0.508 e. The zero-order valence-electron chi connectivity index (χ0n) is 24.5. The SMILES string of the molecule is C#Cc1c(F)ccc2cc(O)cc(-n3ncc4c(C5CC6CNCC(C5)N6)nc(OCC56CCCN5CCC6)cc4c3=O)c12. The first-order chi connectivity index (χ1) is 21.4. The van der Waals surface area contributed by atoms with Gasteiger partial charge in [0.25, 0.3) is 5.56 Å². The number of fused-ring (bicyclic) bond motifs is 5. The Morgan fingerprint density at radius 1 is 1.11 bits per heavy atom. The van der Waals surface area contributed by atoms with E-state index in [1.165, 1.54) is 41.8 Å². The number of aromatic hydroxyl groups is 1.